The Labute approximate surface area is 264 Å². The number of hydrogen-bond acceptors (Lipinski definition) is 8. The van der Waals surface area contributed by atoms with Gasteiger partial charge in [-0.25, -0.2) is 9.78 Å². The van der Waals surface area contributed by atoms with Gasteiger partial charge in [0.25, 0.3) is 5.91 Å². The molecule has 236 valence electrons. The van der Waals surface area contributed by atoms with Crippen molar-refractivity contribution in [3.63, 3.8) is 0 Å². The Morgan fingerprint density at radius 2 is 1.53 bits per heavy atom. The summed E-state index contributed by atoms with van der Waals surface area (Å²) in [6, 6.07) is 26.7. The Balaban J connectivity index is 1.35. The number of nitrogens with one attached hydrogen (secondary N) is 1. The van der Waals surface area contributed by atoms with Gasteiger partial charge in [-0.2, -0.15) is 15.6 Å². The number of piperazine rings is 1. The summed E-state index contributed by atoms with van der Waals surface area (Å²) in [5, 5.41) is 1.82. The number of fused-ring (bicyclic) bond motifs is 1. The number of benzene rings is 3. The molecule has 0 radical (unpaired) electrons. The van der Waals surface area contributed by atoms with Crippen LogP contribution in [-0.4, -0.2) is 86.7 Å². The number of hydrazine groups is 1. The largest absolute Gasteiger partial charge is 0.451 e. The van der Waals surface area contributed by atoms with E-state index in [1.807, 2.05) is 60.7 Å². The molecule has 6 rings (SSSR count). The van der Waals surface area contributed by atoms with E-state index >= 15 is 0 Å². The van der Waals surface area contributed by atoms with Gasteiger partial charge in [0.05, 0.1) is 29.6 Å². The summed E-state index contributed by atoms with van der Waals surface area (Å²) in [4.78, 5) is 37.1. The number of carbonyl (C=O) groups excluding carboxylic acids is 2. The molecule has 2 saturated heterocycles. The Bertz CT molecular complexity index is 1640. The zero-order chi connectivity index (χ0) is 31.4. The van der Waals surface area contributed by atoms with Crippen LogP contribution in [0.1, 0.15) is 28.8 Å². The average Bonchev–Trinajstić information content (AvgIpc) is 3.07. The number of para-hydroxylation sites is 2. The molecule has 0 unspecified atom stereocenters. The van der Waals surface area contributed by atoms with Gasteiger partial charge >= 0.3 is 6.09 Å². The number of ether oxygens (including phenoxy) is 1. The second kappa shape index (κ2) is 13.6. The van der Waals surface area contributed by atoms with Crippen LogP contribution >= 0.6 is 10.6 Å². The van der Waals surface area contributed by atoms with E-state index in [9.17, 15) is 18.7 Å². The van der Waals surface area contributed by atoms with Gasteiger partial charge in [0.2, 0.25) is 0 Å². The van der Waals surface area contributed by atoms with E-state index in [0.717, 1.165) is 60.9 Å². The Kier molecular flexibility index (Phi) is 9.34. The van der Waals surface area contributed by atoms with Gasteiger partial charge in [-0.05, 0) is 31.0 Å². The van der Waals surface area contributed by atoms with Crippen molar-refractivity contribution >= 4 is 39.2 Å². The fraction of sp³-hybridized carbons (Fsp3) is 0.324. The lowest BCUT2D eigenvalue weighted by atomic mass is 9.95. The number of rotatable bonds is 6. The number of methoxy groups -OCH3 is 1. The first-order valence-corrected chi connectivity index (χ1v) is 17.1. The summed E-state index contributed by atoms with van der Waals surface area (Å²) >= 11 is 0. The maximum Gasteiger partial charge on any atom is 0.433 e. The first kappa shape index (κ1) is 31.0. The lowest BCUT2D eigenvalue weighted by molar-refractivity contribution is 0.0855. The fourth-order valence-electron chi connectivity index (χ4n) is 6.31. The predicted molar refractivity (Wildman–Crippen MR) is 178 cm³/mol. The number of aromatic nitrogens is 1. The number of pyridine rings is 1. The topological polar surface area (TPSA) is 118 Å². The molecule has 2 aliphatic rings. The van der Waals surface area contributed by atoms with Crippen LogP contribution in [0.15, 0.2) is 84.9 Å². The highest BCUT2D eigenvalue weighted by Gasteiger charge is 2.32. The standard InChI is InChI=1S/C34H39N5O5S/c1-44-34(41)39(27-12-6-3-7-13-27)36-33(40)31-28-14-8-9-15-30(28)35-32(25-10-4-2-5-11-25)29(31)24-37-18-20-38(21-19-37)26-16-22-45(42,43)23-17-26/h2-15,26,42-43H,16-24H2,1H3,(H,36,40). The number of amides is 2. The van der Waals surface area contributed by atoms with E-state index in [1.54, 1.807) is 24.3 Å². The second-order valence-corrected chi connectivity index (χ2v) is 14.0. The molecule has 0 bridgehead atoms. The van der Waals surface area contributed by atoms with Crippen LogP contribution in [0.4, 0.5) is 10.5 Å². The molecule has 45 heavy (non-hydrogen) atoms. The molecule has 2 aliphatic heterocycles. The Morgan fingerprint density at radius 1 is 0.911 bits per heavy atom. The van der Waals surface area contributed by atoms with Crippen LogP contribution in [0.25, 0.3) is 22.2 Å². The molecule has 2 fully saturated rings. The van der Waals surface area contributed by atoms with Crippen molar-refractivity contribution in [2.75, 3.05) is 49.8 Å². The molecule has 4 aromatic rings. The number of carbonyl (C=O) groups is 2. The van der Waals surface area contributed by atoms with Crippen LogP contribution in [0.5, 0.6) is 0 Å². The van der Waals surface area contributed by atoms with Gasteiger partial charge in [-0.1, -0.05) is 66.7 Å². The first-order chi connectivity index (χ1) is 21.8. The first-order valence-electron chi connectivity index (χ1n) is 15.2. The molecular formula is C34H39N5O5S. The molecule has 3 heterocycles. The third kappa shape index (κ3) is 6.98. The normalized spacial score (nSPS) is 18.3. The van der Waals surface area contributed by atoms with Gasteiger partial charge in [-0.3, -0.25) is 29.1 Å². The highest BCUT2D eigenvalue weighted by molar-refractivity contribution is 8.24. The summed E-state index contributed by atoms with van der Waals surface area (Å²) in [6.07, 6.45) is 0.896. The maximum absolute atomic E-state index is 14.4. The Hall–Kier alpha value is -4.00. The quantitative estimate of drug-likeness (QED) is 0.228. The van der Waals surface area contributed by atoms with Gasteiger partial charge in [-0.15, -0.1) is 0 Å². The van der Waals surface area contributed by atoms with Gasteiger partial charge in [0, 0.05) is 66.8 Å². The van der Waals surface area contributed by atoms with Gasteiger partial charge < -0.3 is 4.74 Å². The summed E-state index contributed by atoms with van der Waals surface area (Å²) in [5.74, 6) is 0.519. The number of anilines is 1. The van der Waals surface area contributed by atoms with Crippen LogP contribution in [0.3, 0.4) is 0 Å². The van der Waals surface area contributed by atoms with Crippen molar-refractivity contribution in [2.45, 2.75) is 25.4 Å². The van der Waals surface area contributed by atoms with Gasteiger partial charge in [0.1, 0.15) is 0 Å². The SMILES string of the molecule is COC(=O)N(NC(=O)c1c(CN2CCN(C3CCS(O)(O)CC3)CC2)c(-c2ccccc2)nc2ccccc12)c1ccccc1. The van der Waals surface area contributed by atoms with E-state index in [-0.39, 0.29) is 0 Å². The van der Waals surface area contributed by atoms with Crippen LogP contribution in [0, 0.1) is 0 Å². The van der Waals surface area contributed by atoms with Crippen LogP contribution < -0.4 is 10.4 Å². The smallest absolute Gasteiger partial charge is 0.433 e. The highest BCUT2D eigenvalue weighted by Crippen LogP contribution is 2.45. The molecule has 0 saturated carbocycles. The van der Waals surface area contributed by atoms with Crippen molar-refractivity contribution in [2.24, 2.45) is 0 Å². The van der Waals surface area contributed by atoms with Crippen molar-refractivity contribution in [1.29, 1.82) is 0 Å². The summed E-state index contributed by atoms with van der Waals surface area (Å²) in [7, 11) is -1.13. The third-order valence-corrected chi connectivity index (χ3v) is 10.5. The number of nitrogens with zero attached hydrogens (tertiary/aromatic N) is 4. The molecule has 3 N–H and O–H groups in total. The van der Waals surface area contributed by atoms with Crippen molar-refractivity contribution < 1.29 is 23.4 Å². The molecule has 3 aromatic carbocycles. The van der Waals surface area contributed by atoms with Crippen LogP contribution in [-0.2, 0) is 11.3 Å². The zero-order valence-electron chi connectivity index (χ0n) is 25.3. The highest BCUT2D eigenvalue weighted by atomic mass is 32.3. The lowest BCUT2D eigenvalue weighted by Crippen LogP contribution is -2.51. The molecule has 2 amide bonds. The van der Waals surface area contributed by atoms with Crippen molar-refractivity contribution in [3.05, 3.63) is 96.1 Å². The fourth-order valence-corrected chi connectivity index (χ4v) is 7.82. The van der Waals surface area contributed by atoms with E-state index in [4.69, 9.17) is 9.72 Å². The average molecular weight is 630 g/mol. The predicted octanol–water partition coefficient (Wildman–Crippen LogP) is 5.85. The van der Waals surface area contributed by atoms with Crippen molar-refractivity contribution in [1.82, 2.24) is 20.2 Å². The molecule has 11 heteroatoms. The molecule has 0 spiro atoms. The van der Waals surface area contributed by atoms with Crippen LogP contribution in [0.2, 0.25) is 0 Å². The van der Waals surface area contributed by atoms with E-state index in [2.05, 4.69) is 15.2 Å². The molecular weight excluding hydrogens is 590 g/mol. The van der Waals surface area contributed by atoms with Crippen molar-refractivity contribution in [3.8, 4) is 11.3 Å². The summed E-state index contributed by atoms with van der Waals surface area (Å²) in [6.45, 7) is 3.81. The van der Waals surface area contributed by atoms with E-state index in [1.165, 1.54) is 7.11 Å². The summed E-state index contributed by atoms with van der Waals surface area (Å²) in [5.41, 5.74) is 6.87. The zero-order valence-corrected chi connectivity index (χ0v) is 26.2. The minimum Gasteiger partial charge on any atom is -0.451 e. The maximum atomic E-state index is 14.4. The second-order valence-electron chi connectivity index (χ2n) is 11.5. The molecule has 10 nitrogen and oxygen atoms in total. The summed E-state index contributed by atoms with van der Waals surface area (Å²) < 4.78 is 25.2. The monoisotopic (exact) mass is 629 g/mol. The van der Waals surface area contributed by atoms with Gasteiger partial charge in [0.15, 0.2) is 0 Å². The minimum atomic E-state index is -2.42. The molecule has 1 aromatic heterocycles. The molecule has 0 atom stereocenters. The Morgan fingerprint density at radius 3 is 2.20 bits per heavy atom. The minimum absolute atomic E-state index is 0.359. The third-order valence-electron chi connectivity index (χ3n) is 8.71. The number of hydrogen-bond donors (Lipinski definition) is 3. The lowest BCUT2D eigenvalue weighted by Gasteiger charge is -2.45. The van der Waals surface area contributed by atoms with E-state index < -0.39 is 22.6 Å². The molecule has 0 aliphatic carbocycles. The van der Waals surface area contributed by atoms with E-state index in [0.29, 0.717) is 46.2 Å².